The minimum absolute atomic E-state index is 0.0856. The van der Waals surface area contributed by atoms with Crippen LogP contribution in [-0.2, 0) is 9.53 Å². The lowest BCUT2D eigenvalue weighted by Gasteiger charge is -2.26. The topological polar surface area (TPSA) is 63.6 Å². The van der Waals surface area contributed by atoms with Gasteiger partial charge in [0.25, 0.3) is 0 Å². The van der Waals surface area contributed by atoms with Crippen molar-refractivity contribution >= 4 is 12.1 Å². The smallest absolute Gasteiger partial charge is 0.456 e. The first-order valence-corrected chi connectivity index (χ1v) is 4.74. The molecule has 1 unspecified atom stereocenters. The van der Waals surface area contributed by atoms with Gasteiger partial charge in [-0.05, 0) is 13.8 Å². The van der Waals surface area contributed by atoms with Crippen LogP contribution in [0.4, 0.5) is 4.79 Å². The van der Waals surface area contributed by atoms with Crippen molar-refractivity contribution in [2.45, 2.75) is 13.8 Å². The number of likely N-dealkylation sites (N-methyl/N-ethyl adjacent to an activating group) is 1. The number of hydrogen-bond acceptors (Lipinski definition) is 3. The van der Waals surface area contributed by atoms with Gasteiger partial charge in [0.2, 0.25) is 0 Å². The van der Waals surface area contributed by atoms with Crippen molar-refractivity contribution in [1.29, 1.82) is 0 Å². The third kappa shape index (κ3) is 4.12. The van der Waals surface area contributed by atoms with Crippen molar-refractivity contribution < 1.29 is 23.9 Å². The number of carbonyl (C=O) groups is 2. The van der Waals surface area contributed by atoms with Crippen LogP contribution in [0.5, 0.6) is 0 Å². The zero-order chi connectivity index (χ0) is 12.1. The maximum atomic E-state index is 11.0. The number of ether oxygens (including phenoxy) is 1. The van der Waals surface area contributed by atoms with Gasteiger partial charge in [0.15, 0.2) is 0 Å². The molecule has 0 aromatic carbocycles. The molecule has 0 radical (unpaired) electrons. The SMILES string of the molecule is C=C(C)C(=O)OCC[N+](C)(CC)C(=O)O. The summed E-state index contributed by atoms with van der Waals surface area (Å²) in [5.41, 5.74) is 0.316. The van der Waals surface area contributed by atoms with Gasteiger partial charge in [-0.15, -0.1) is 0 Å². The molecular formula is C10H18NO4+. The minimum atomic E-state index is -0.927. The first kappa shape index (κ1) is 13.6. The van der Waals surface area contributed by atoms with Crippen molar-refractivity contribution in [2.75, 3.05) is 26.7 Å². The highest BCUT2D eigenvalue weighted by Crippen LogP contribution is 2.03. The van der Waals surface area contributed by atoms with E-state index in [4.69, 9.17) is 9.84 Å². The first-order valence-electron chi connectivity index (χ1n) is 4.74. The van der Waals surface area contributed by atoms with E-state index in [1.54, 1.807) is 20.9 Å². The van der Waals surface area contributed by atoms with E-state index in [1.807, 2.05) is 0 Å². The summed E-state index contributed by atoms with van der Waals surface area (Å²) in [6.45, 7) is 7.54. The van der Waals surface area contributed by atoms with Crippen molar-refractivity contribution in [2.24, 2.45) is 0 Å². The fourth-order valence-electron chi connectivity index (χ4n) is 0.852. The molecule has 0 saturated carbocycles. The second-order valence-corrected chi connectivity index (χ2v) is 3.63. The fraction of sp³-hybridized carbons (Fsp3) is 0.600. The summed E-state index contributed by atoms with van der Waals surface area (Å²) < 4.78 is 4.67. The summed E-state index contributed by atoms with van der Waals surface area (Å²) in [5.74, 6) is -0.483. The van der Waals surface area contributed by atoms with E-state index in [1.165, 1.54) is 0 Å². The monoisotopic (exact) mass is 216 g/mol. The Kier molecular flexibility index (Phi) is 5.00. The summed E-state index contributed by atoms with van der Waals surface area (Å²) in [4.78, 5) is 21.9. The van der Waals surface area contributed by atoms with E-state index in [9.17, 15) is 9.59 Å². The molecule has 0 aliphatic heterocycles. The molecule has 86 valence electrons. The number of carbonyl (C=O) groups excluding carboxylic acids is 1. The number of carboxylic acid groups (broad SMARTS) is 1. The van der Waals surface area contributed by atoms with Crippen LogP contribution in [-0.4, -0.2) is 48.4 Å². The molecule has 0 aromatic rings. The Balaban J connectivity index is 4.09. The molecule has 0 saturated heterocycles. The molecule has 0 spiro atoms. The van der Waals surface area contributed by atoms with Gasteiger partial charge in [-0.1, -0.05) is 6.58 Å². The van der Waals surface area contributed by atoms with Crippen LogP contribution in [0.2, 0.25) is 0 Å². The molecule has 0 aromatic heterocycles. The van der Waals surface area contributed by atoms with Gasteiger partial charge >= 0.3 is 12.1 Å². The Labute approximate surface area is 89.5 Å². The molecule has 0 aliphatic carbocycles. The van der Waals surface area contributed by atoms with Gasteiger partial charge in [0.05, 0.1) is 13.6 Å². The average Bonchev–Trinajstić information content (AvgIpc) is 2.16. The second-order valence-electron chi connectivity index (χ2n) is 3.63. The van der Waals surface area contributed by atoms with Gasteiger partial charge < -0.3 is 9.84 Å². The Bertz CT molecular complexity index is 275. The zero-order valence-corrected chi connectivity index (χ0v) is 9.45. The van der Waals surface area contributed by atoms with Gasteiger partial charge in [0.1, 0.15) is 13.2 Å². The highest BCUT2D eigenvalue weighted by Gasteiger charge is 2.29. The molecule has 1 amide bonds. The highest BCUT2D eigenvalue weighted by molar-refractivity contribution is 5.86. The lowest BCUT2D eigenvalue weighted by Crippen LogP contribution is -2.50. The fourth-order valence-corrected chi connectivity index (χ4v) is 0.852. The van der Waals surface area contributed by atoms with E-state index >= 15 is 0 Å². The summed E-state index contributed by atoms with van der Waals surface area (Å²) in [7, 11) is 1.58. The number of nitrogens with zero attached hydrogens (tertiary/aromatic N) is 1. The number of esters is 1. The molecule has 1 atom stereocenters. The van der Waals surface area contributed by atoms with Crippen molar-refractivity contribution in [3.05, 3.63) is 12.2 Å². The van der Waals surface area contributed by atoms with Gasteiger partial charge in [-0.2, -0.15) is 4.79 Å². The van der Waals surface area contributed by atoms with E-state index < -0.39 is 12.1 Å². The predicted molar refractivity (Wildman–Crippen MR) is 55.4 cm³/mol. The predicted octanol–water partition coefficient (Wildman–Crippen LogP) is 1.25. The molecule has 5 nitrogen and oxygen atoms in total. The van der Waals surface area contributed by atoms with Crippen LogP contribution >= 0.6 is 0 Å². The van der Waals surface area contributed by atoms with Crippen LogP contribution in [0.3, 0.4) is 0 Å². The lowest BCUT2D eigenvalue weighted by molar-refractivity contribution is -0.835. The maximum absolute atomic E-state index is 11.0. The maximum Gasteiger partial charge on any atom is 0.513 e. The standard InChI is InChI=1S/C10H17NO4/c1-5-11(4,10(13)14)6-7-15-9(12)8(2)3/h2,5-7H2,1,3-4H3/p+1. The third-order valence-corrected chi connectivity index (χ3v) is 2.33. The number of rotatable bonds is 5. The normalized spacial score (nSPS) is 14.1. The van der Waals surface area contributed by atoms with Crippen molar-refractivity contribution in [3.8, 4) is 0 Å². The van der Waals surface area contributed by atoms with Crippen molar-refractivity contribution in [1.82, 2.24) is 0 Å². The summed E-state index contributed by atoms with van der Waals surface area (Å²) in [6, 6.07) is 0. The van der Waals surface area contributed by atoms with Crippen LogP contribution < -0.4 is 0 Å². The van der Waals surface area contributed by atoms with Crippen LogP contribution in [0.15, 0.2) is 12.2 Å². The van der Waals surface area contributed by atoms with Crippen molar-refractivity contribution in [3.63, 3.8) is 0 Å². The van der Waals surface area contributed by atoms with Gasteiger partial charge in [0, 0.05) is 5.57 Å². The number of hydrogen-bond donors (Lipinski definition) is 1. The first-order chi connectivity index (χ1) is 6.83. The highest BCUT2D eigenvalue weighted by atomic mass is 16.5. The number of amides is 1. The summed E-state index contributed by atoms with van der Waals surface area (Å²) in [5, 5.41) is 8.92. The summed E-state index contributed by atoms with van der Waals surface area (Å²) in [6.07, 6.45) is -0.927. The molecule has 0 fully saturated rings. The van der Waals surface area contributed by atoms with Gasteiger partial charge in [-0.3, -0.25) is 0 Å². The Hall–Kier alpha value is -1.36. The zero-order valence-electron chi connectivity index (χ0n) is 9.45. The molecule has 0 heterocycles. The van der Waals surface area contributed by atoms with Gasteiger partial charge in [-0.25, -0.2) is 9.28 Å². The largest absolute Gasteiger partial charge is 0.513 e. The third-order valence-electron chi connectivity index (χ3n) is 2.33. The van der Waals surface area contributed by atoms with E-state index in [0.717, 1.165) is 0 Å². The summed E-state index contributed by atoms with van der Waals surface area (Å²) >= 11 is 0. The van der Waals surface area contributed by atoms with E-state index in [2.05, 4.69) is 6.58 Å². The Morgan fingerprint density at radius 2 is 2.00 bits per heavy atom. The number of quaternary nitrogens is 1. The minimum Gasteiger partial charge on any atom is -0.456 e. The van der Waals surface area contributed by atoms with Crippen LogP contribution in [0.25, 0.3) is 0 Å². The lowest BCUT2D eigenvalue weighted by atomic mass is 10.4. The van der Waals surface area contributed by atoms with E-state index in [-0.39, 0.29) is 17.6 Å². The molecule has 15 heavy (non-hydrogen) atoms. The molecule has 0 bridgehead atoms. The molecule has 0 rings (SSSR count). The van der Waals surface area contributed by atoms with E-state index in [0.29, 0.717) is 12.1 Å². The van der Waals surface area contributed by atoms with Crippen LogP contribution in [0.1, 0.15) is 13.8 Å². The Morgan fingerprint density at radius 1 is 1.47 bits per heavy atom. The second kappa shape index (κ2) is 5.50. The molecule has 1 N–H and O–H groups in total. The Morgan fingerprint density at radius 3 is 2.33 bits per heavy atom. The quantitative estimate of drug-likeness (QED) is 0.427. The average molecular weight is 216 g/mol. The molecular weight excluding hydrogens is 198 g/mol. The molecule has 5 heteroatoms. The molecule has 0 aliphatic rings. The van der Waals surface area contributed by atoms with Crippen LogP contribution in [0, 0.1) is 0 Å².